The third kappa shape index (κ3) is 14.3. The van der Waals surface area contributed by atoms with Gasteiger partial charge in [0.05, 0.1) is 6.10 Å². The lowest BCUT2D eigenvalue weighted by atomic mass is 10.5. The Morgan fingerprint density at radius 3 is 2.50 bits per heavy atom. The predicted octanol–water partition coefficient (Wildman–Crippen LogP) is 1.61. The molecule has 0 aliphatic heterocycles. The lowest BCUT2D eigenvalue weighted by Crippen LogP contribution is -2.31. The third-order valence-corrected chi connectivity index (χ3v) is 7.32. The molecule has 0 saturated carbocycles. The largest absolute Gasteiger partial charge is 0.391 e. The van der Waals surface area contributed by atoms with Gasteiger partial charge in [0.1, 0.15) is 0 Å². The van der Waals surface area contributed by atoms with Gasteiger partial charge in [-0.15, -0.1) is 0 Å². The van der Waals surface area contributed by atoms with Gasteiger partial charge in [-0.3, -0.25) is 0 Å². The maximum atomic E-state index is 9.85. The summed E-state index contributed by atoms with van der Waals surface area (Å²) in [5, 5.41) is 13.6. The first kappa shape index (κ1) is 21.4. The quantitative estimate of drug-likeness (QED) is 0.185. The molecule has 0 aromatic heterocycles. The molecule has 0 aliphatic carbocycles. The number of rotatable bonds is 13. The maximum Gasteiger partial charge on any atom is 0.163 e. The molecule has 9 heteroatoms. The van der Waals surface area contributed by atoms with Gasteiger partial charge in [-0.25, -0.2) is 0 Å². The van der Waals surface area contributed by atoms with Crippen molar-refractivity contribution in [3.63, 3.8) is 0 Å². The maximum absolute atomic E-state index is 9.85. The number of aliphatic hydroxyl groups excluding tert-OH is 1. The Morgan fingerprint density at radius 1 is 1.20 bits per heavy atom. The summed E-state index contributed by atoms with van der Waals surface area (Å²) in [6, 6.07) is 0. The fourth-order valence-electron chi connectivity index (χ4n) is 1.19. The monoisotopic (exact) mass is 392 g/mol. The number of hydrogen-bond donors (Lipinski definition) is 5. The van der Waals surface area contributed by atoms with Gasteiger partial charge in [-0.2, -0.15) is 60.5 Å². The normalized spacial score (nSPS) is 13.9. The Kier molecular flexibility index (Phi) is 16.4. The van der Waals surface area contributed by atoms with E-state index in [1.807, 2.05) is 11.8 Å². The molecule has 0 aromatic rings. The van der Waals surface area contributed by atoms with Crippen LogP contribution in [0.2, 0.25) is 0 Å². The molecular weight excluding hydrogens is 369 g/mol. The topological polar surface area (TPSA) is 58.3 Å². The van der Waals surface area contributed by atoms with Crippen molar-refractivity contribution in [2.24, 2.45) is 5.73 Å². The second-order valence-corrected chi connectivity index (χ2v) is 8.84. The number of thiocarbonyl (C=S) groups is 1. The molecule has 0 amide bonds. The first-order valence-corrected chi connectivity index (χ1v) is 11.3. The highest BCUT2D eigenvalue weighted by Crippen LogP contribution is 2.19. The van der Waals surface area contributed by atoms with E-state index >= 15 is 0 Å². The summed E-state index contributed by atoms with van der Waals surface area (Å²) in [6.07, 6.45) is -0.242. The fraction of sp³-hybridized carbons (Fsp3) is 0.909. The molecule has 0 rings (SSSR count). The fourth-order valence-corrected chi connectivity index (χ4v) is 5.32. The number of thiol groups is 2. The highest BCUT2D eigenvalue weighted by Gasteiger charge is 2.11. The van der Waals surface area contributed by atoms with E-state index in [2.05, 4.69) is 30.6 Å². The molecule has 0 bridgehead atoms. The van der Waals surface area contributed by atoms with Crippen LogP contribution in [-0.2, 0) is 0 Å². The molecule has 0 saturated heterocycles. The van der Waals surface area contributed by atoms with Gasteiger partial charge >= 0.3 is 0 Å². The van der Waals surface area contributed by atoms with E-state index < -0.39 is 0 Å². The SMILES string of the molecule is NC(=S)NCCSCC(CS)SCC(O)CSCCS. The zero-order chi connectivity index (χ0) is 15.2. The lowest BCUT2D eigenvalue weighted by molar-refractivity contribution is 0.225. The minimum Gasteiger partial charge on any atom is -0.391 e. The van der Waals surface area contributed by atoms with Gasteiger partial charge in [0.15, 0.2) is 5.11 Å². The molecule has 3 nitrogen and oxygen atoms in total. The van der Waals surface area contributed by atoms with Crippen molar-refractivity contribution in [3.05, 3.63) is 0 Å². The van der Waals surface area contributed by atoms with Crippen molar-refractivity contribution in [2.75, 3.05) is 46.8 Å². The Bertz CT molecular complexity index is 247. The van der Waals surface area contributed by atoms with Gasteiger partial charge < -0.3 is 16.2 Å². The molecule has 0 aliphatic rings. The van der Waals surface area contributed by atoms with Crippen LogP contribution in [0.4, 0.5) is 0 Å². The summed E-state index contributed by atoms with van der Waals surface area (Å²) in [5.74, 6) is 6.25. The van der Waals surface area contributed by atoms with Crippen LogP contribution >= 0.6 is 72.8 Å². The average Bonchev–Trinajstić information content (AvgIpc) is 2.41. The predicted molar refractivity (Wildman–Crippen MR) is 109 cm³/mol. The van der Waals surface area contributed by atoms with Crippen molar-refractivity contribution in [1.29, 1.82) is 0 Å². The van der Waals surface area contributed by atoms with Crippen LogP contribution < -0.4 is 11.1 Å². The van der Waals surface area contributed by atoms with Crippen molar-refractivity contribution in [1.82, 2.24) is 5.32 Å². The number of aliphatic hydroxyl groups is 1. The van der Waals surface area contributed by atoms with Crippen LogP contribution in [0.5, 0.6) is 0 Å². The van der Waals surface area contributed by atoms with E-state index in [0.717, 1.165) is 46.8 Å². The van der Waals surface area contributed by atoms with Gasteiger partial charge in [0, 0.05) is 46.3 Å². The van der Waals surface area contributed by atoms with E-state index in [1.165, 1.54) is 0 Å². The minimum atomic E-state index is -0.242. The Labute approximate surface area is 151 Å². The molecule has 0 radical (unpaired) electrons. The van der Waals surface area contributed by atoms with E-state index in [-0.39, 0.29) is 6.10 Å². The molecule has 0 fully saturated rings. The van der Waals surface area contributed by atoms with Gasteiger partial charge in [-0.05, 0) is 18.0 Å². The van der Waals surface area contributed by atoms with Crippen LogP contribution in [0.3, 0.4) is 0 Å². The van der Waals surface area contributed by atoms with Crippen LogP contribution in [0, 0.1) is 0 Å². The first-order chi connectivity index (χ1) is 9.60. The van der Waals surface area contributed by atoms with Crippen LogP contribution in [0.1, 0.15) is 0 Å². The molecule has 2 atom stereocenters. The zero-order valence-electron chi connectivity index (χ0n) is 11.4. The number of thioether (sulfide) groups is 3. The molecule has 120 valence electrons. The Balaban J connectivity index is 3.57. The van der Waals surface area contributed by atoms with Gasteiger partial charge in [-0.1, -0.05) is 0 Å². The van der Waals surface area contributed by atoms with Crippen molar-refractivity contribution >= 4 is 77.9 Å². The van der Waals surface area contributed by atoms with Crippen molar-refractivity contribution < 1.29 is 5.11 Å². The Hall–Kier alpha value is 1.40. The van der Waals surface area contributed by atoms with E-state index in [9.17, 15) is 5.11 Å². The van der Waals surface area contributed by atoms with Crippen LogP contribution in [0.15, 0.2) is 0 Å². The third-order valence-electron chi connectivity index (χ3n) is 2.12. The second kappa shape index (κ2) is 15.3. The highest BCUT2D eigenvalue weighted by molar-refractivity contribution is 8.04. The first-order valence-electron chi connectivity index (χ1n) is 6.30. The number of nitrogens with one attached hydrogen (secondary N) is 1. The molecule has 0 heterocycles. The van der Waals surface area contributed by atoms with E-state index in [1.54, 1.807) is 23.5 Å². The average molecular weight is 393 g/mol. The summed E-state index contributed by atoms with van der Waals surface area (Å²) < 4.78 is 0. The molecular formula is C11H24N2OS6. The molecule has 2 unspecified atom stereocenters. The van der Waals surface area contributed by atoms with Crippen molar-refractivity contribution in [3.8, 4) is 0 Å². The van der Waals surface area contributed by atoms with E-state index in [4.69, 9.17) is 18.0 Å². The number of nitrogens with two attached hydrogens (primary N) is 1. The highest BCUT2D eigenvalue weighted by atomic mass is 32.2. The Morgan fingerprint density at radius 2 is 1.90 bits per heavy atom. The summed E-state index contributed by atoms with van der Waals surface area (Å²) in [4.78, 5) is 0. The molecule has 20 heavy (non-hydrogen) atoms. The lowest BCUT2D eigenvalue weighted by Gasteiger charge is -2.16. The summed E-state index contributed by atoms with van der Waals surface area (Å²) in [5.41, 5.74) is 5.35. The smallest absolute Gasteiger partial charge is 0.163 e. The zero-order valence-corrected chi connectivity index (χ0v) is 16.4. The van der Waals surface area contributed by atoms with E-state index in [0.29, 0.717) is 10.4 Å². The summed E-state index contributed by atoms with van der Waals surface area (Å²) >= 11 is 18.7. The van der Waals surface area contributed by atoms with Crippen LogP contribution in [-0.4, -0.2) is 68.4 Å². The molecule has 0 aromatic carbocycles. The standard InChI is InChI=1S/C11H24N2OS6/c12-11(17)13-1-3-18-8-10(5-16)20-7-9(14)6-19-4-2-15/h9-10,14-16H,1-8H2,(H3,12,13,17). The minimum absolute atomic E-state index is 0.242. The second-order valence-electron chi connectivity index (χ2n) is 3.96. The van der Waals surface area contributed by atoms with Crippen LogP contribution in [0.25, 0.3) is 0 Å². The van der Waals surface area contributed by atoms with Gasteiger partial charge in [0.25, 0.3) is 0 Å². The van der Waals surface area contributed by atoms with Crippen molar-refractivity contribution in [2.45, 2.75) is 11.4 Å². The summed E-state index contributed by atoms with van der Waals surface area (Å²) in [7, 11) is 0. The molecule has 0 spiro atoms. The molecule has 4 N–H and O–H groups in total. The number of hydrogen-bond acceptors (Lipinski definition) is 7. The van der Waals surface area contributed by atoms with Gasteiger partial charge in [0.2, 0.25) is 0 Å². The summed E-state index contributed by atoms with van der Waals surface area (Å²) in [6.45, 7) is 0.799.